The van der Waals surface area contributed by atoms with E-state index in [0.29, 0.717) is 33.4 Å². The van der Waals surface area contributed by atoms with E-state index >= 15 is 0 Å². The predicted molar refractivity (Wildman–Crippen MR) is 123 cm³/mol. The Hall–Kier alpha value is -3.91. The zero-order valence-electron chi connectivity index (χ0n) is 18.0. The number of pyridine rings is 1. The molecule has 0 amide bonds. The molecule has 0 bridgehead atoms. The third-order valence-electron chi connectivity index (χ3n) is 5.49. The van der Waals surface area contributed by atoms with Gasteiger partial charge < -0.3 is 9.73 Å². The van der Waals surface area contributed by atoms with Crippen molar-refractivity contribution in [1.29, 1.82) is 5.26 Å². The highest BCUT2D eigenvalue weighted by atomic mass is 16.3. The van der Waals surface area contributed by atoms with E-state index < -0.39 is 0 Å². The molecule has 1 unspecified atom stereocenters. The SMILES string of the molecule is Cc1cc(C(C)Nc2cccnc2C)c2oc(-c3cccc(C#N)c3)c(C)c(=O)c2c1. The highest BCUT2D eigenvalue weighted by Gasteiger charge is 2.19. The van der Waals surface area contributed by atoms with Gasteiger partial charge in [-0.25, -0.2) is 0 Å². The predicted octanol–water partition coefficient (Wildman–Crippen LogP) is 5.83. The van der Waals surface area contributed by atoms with Gasteiger partial charge in [0, 0.05) is 22.9 Å². The van der Waals surface area contributed by atoms with Crippen LogP contribution in [0.4, 0.5) is 5.69 Å². The zero-order valence-corrected chi connectivity index (χ0v) is 18.0. The molecule has 0 aliphatic heterocycles. The molecule has 0 radical (unpaired) electrons. The summed E-state index contributed by atoms with van der Waals surface area (Å²) in [4.78, 5) is 17.6. The number of aryl methyl sites for hydroxylation is 2. The van der Waals surface area contributed by atoms with E-state index in [9.17, 15) is 10.1 Å². The number of aromatic nitrogens is 1. The van der Waals surface area contributed by atoms with Crippen LogP contribution in [0.3, 0.4) is 0 Å². The summed E-state index contributed by atoms with van der Waals surface area (Å²) in [7, 11) is 0. The third-order valence-corrected chi connectivity index (χ3v) is 5.49. The average Bonchev–Trinajstić information content (AvgIpc) is 2.77. The first-order valence-corrected chi connectivity index (χ1v) is 10.2. The van der Waals surface area contributed by atoms with Crippen LogP contribution < -0.4 is 10.7 Å². The summed E-state index contributed by atoms with van der Waals surface area (Å²) in [5.41, 5.74) is 5.98. The quantitative estimate of drug-likeness (QED) is 0.459. The number of fused-ring (bicyclic) bond motifs is 1. The molecule has 1 N–H and O–H groups in total. The second-order valence-corrected chi connectivity index (χ2v) is 7.81. The van der Waals surface area contributed by atoms with Gasteiger partial charge in [0.05, 0.1) is 34.4 Å². The van der Waals surface area contributed by atoms with Crippen LogP contribution in [0.2, 0.25) is 0 Å². The molecule has 0 aliphatic carbocycles. The van der Waals surface area contributed by atoms with Crippen LogP contribution in [-0.4, -0.2) is 4.98 Å². The van der Waals surface area contributed by atoms with Gasteiger partial charge in [0.15, 0.2) is 5.43 Å². The lowest BCUT2D eigenvalue weighted by Crippen LogP contribution is -2.13. The molecule has 4 aromatic rings. The normalized spacial score (nSPS) is 11.8. The van der Waals surface area contributed by atoms with E-state index in [1.165, 1.54) is 0 Å². The second-order valence-electron chi connectivity index (χ2n) is 7.81. The average molecular weight is 409 g/mol. The fraction of sp³-hybridized carbons (Fsp3) is 0.192. The Morgan fingerprint density at radius 3 is 2.65 bits per heavy atom. The van der Waals surface area contributed by atoms with Crippen molar-refractivity contribution in [3.05, 3.63) is 92.9 Å². The van der Waals surface area contributed by atoms with Crippen molar-refractivity contribution in [3.8, 4) is 17.4 Å². The first-order chi connectivity index (χ1) is 14.9. The van der Waals surface area contributed by atoms with Gasteiger partial charge in [-0.05, 0) is 63.6 Å². The number of nitrogens with one attached hydrogen (secondary N) is 1. The number of nitrogens with zero attached hydrogens (tertiary/aromatic N) is 2. The molecular formula is C26H23N3O2. The van der Waals surface area contributed by atoms with Gasteiger partial charge in [-0.1, -0.05) is 18.2 Å². The lowest BCUT2D eigenvalue weighted by atomic mass is 9.98. The molecule has 5 nitrogen and oxygen atoms in total. The van der Waals surface area contributed by atoms with Crippen LogP contribution in [0, 0.1) is 32.1 Å². The summed E-state index contributed by atoms with van der Waals surface area (Å²) in [6, 6.07) is 16.9. The van der Waals surface area contributed by atoms with Gasteiger partial charge in [0.25, 0.3) is 0 Å². The highest BCUT2D eigenvalue weighted by molar-refractivity contribution is 5.84. The number of nitriles is 1. The van der Waals surface area contributed by atoms with Gasteiger partial charge in [-0.15, -0.1) is 0 Å². The first kappa shape index (κ1) is 20.4. The largest absolute Gasteiger partial charge is 0.455 e. The molecule has 31 heavy (non-hydrogen) atoms. The van der Waals surface area contributed by atoms with E-state index in [1.807, 2.05) is 51.1 Å². The molecule has 2 heterocycles. The molecule has 0 aliphatic rings. The maximum absolute atomic E-state index is 13.3. The topological polar surface area (TPSA) is 78.9 Å². The lowest BCUT2D eigenvalue weighted by molar-refractivity contribution is 0.605. The van der Waals surface area contributed by atoms with Crippen LogP contribution in [0.5, 0.6) is 0 Å². The zero-order chi connectivity index (χ0) is 22.1. The van der Waals surface area contributed by atoms with E-state index in [1.54, 1.807) is 31.3 Å². The Balaban J connectivity index is 1.92. The number of hydrogen-bond acceptors (Lipinski definition) is 5. The smallest absolute Gasteiger partial charge is 0.196 e. The minimum Gasteiger partial charge on any atom is -0.455 e. The summed E-state index contributed by atoms with van der Waals surface area (Å²) in [5, 5.41) is 13.3. The molecule has 2 aromatic carbocycles. The van der Waals surface area contributed by atoms with Crippen LogP contribution in [0.1, 0.15) is 40.9 Å². The molecule has 0 fully saturated rings. The van der Waals surface area contributed by atoms with Crippen LogP contribution in [0.25, 0.3) is 22.3 Å². The highest BCUT2D eigenvalue weighted by Crippen LogP contribution is 2.32. The van der Waals surface area contributed by atoms with Gasteiger partial charge in [0.2, 0.25) is 0 Å². The monoisotopic (exact) mass is 409 g/mol. The van der Waals surface area contributed by atoms with E-state index in [0.717, 1.165) is 22.5 Å². The number of benzene rings is 2. The Kier molecular flexibility index (Phi) is 5.31. The van der Waals surface area contributed by atoms with Crippen molar-refractivity contribution < 1.29 is 4.42 Å². The Labute approximate surface area is 181 Å². The van der Waals surface area contributed by atoms with Gasteiger partial charge in [0.1, 0.15) is 11.3 Å². The lowest BCUT2D eigenvalue weighted by Gasteiger charge is -2.19. The maximum atomic E-state index is 13.3. The minimum atomic E-state index is -0.116. The second kappa shape index (κ2) is 8.08. The molecule has 5 heteroatoms. The van der Waals surface area contributed by atoms with E-state index in [2.05, 4.69) is 16.4 Å². The molecule has 0 saturated carbocycles. The van der Waals surface area contributed by atoms with Crippen LogP contribution in [0.15, 0.2) is 63.9 Å². The summed E-state index contributed by atoms with van der Waals surface area (Å²) in [6.45, 7) is 7.73. The van der Waals surface area contributed by atoms with Gasteiger partial charge in [-0.3, -0.25) is 9.78 Å². The fourth-order valence-corrected chi connectivity index (χ4v) is 3.84. The number of hydrogen-bond donors (Lipinski definition) is 1. The van der Waals surface area contributed by atoms with Crippen molar-refractivity contribution >= 4 is 16.7 Å². The van der Waals surface area contributed by atoms with E-state index in [4.69, 9.17) is 4.42 Å². The summed E-state index contributed by atoms with van der Waals surface area (Å²) >= 11 is 0. The number of rotatable bonds is 4. The van der Waals surface area contributed by atoms with Crippen molar-refractivity contribution in [3.63, 3.8) is 0 Å². The number of anilines is 1. The van der Waals surface area contributed by atoms with E-state index in [-0.39, 0.29) is 11.5 Å². The molecule has 4 rings (SSSR count). The molecule has 0 spiro atoms. The minimum absolute atomic E-state index is 0.0617. The summed E-state index contributed by atoms with van der Waals surface area (Å²) < 4.78 is 6.37. The summed E-state index contributed by atoms with van der Waals surface area (Å²) in [5.74, 6) is 0.490. The van der Waals surface area contributed by atoms with Gasteiger partial charge in [-0.2, -0.15) is 5.26 Å². The van der Waals surface area contributed by atoms with Crippen LogP contribution in [-0.2, 0) is 0 Å². The fourth-order valence-electron chi connectivity index (χ4n) is 3.84. The molecule has 0 saturated heterocycles. The van der Waals surface area contributed by atoms with Crippen molar-refractivity contribution in [2.24, 2.45) is 0 Å². The van der Waals surface area contributed by atoms with Crippen LogP contribution >= 0.6 is 0 Å². The third kappa shape index (κ3) is 3.80. The van der Waals surface area contributed by atoms with Gasteiger partial charge >= 0.3 is 0 Å². The molecule has 1 atom stereocenters. The molecule has 2 aromatic heterocycles. The Morgan fingerprint density at radius 2 is 1.90 bits per heavy atom. The standard InChI is InChI=1S/C26H23N3O2/c1-15-11-21(17(3)29-23-9-6-10-28-18(23)4)26-22(12-15)24(30)16(2)25(31-26)20-8-5-7-19(13-20)14-27/h5-13,17,29H,1-4H3. The van der Waals surface area contributed by atoms with Crippen molar-refractivity contribution in [1.82, 2.24) is 4.98 Å². The van der Waals surface area contributed by atoms with Crippen molar-refractivity contribution in [2.75, 3.05) is 5.32 Å². The summed E-state index contributed by atoms with van der Waals surface area (Å²) in [6.07, 6.45) is 1.76. The molecular weight excluding hydrogens is 386 g/mol. The Bertz CT molecular complexity index is 1400. The molecule has 154 valence electrons. The maximum Gasteiger partial charge on any atom is 0.196 e. The Morgan fingerprint density at radius 1 is 1.10 bits per heavy atom. The first-order valence-electron chi connectivity index (χ1n) is 10.2. The van der Waals surface area contributed by atoms with Crippen molar-refractivity contribution in [2.45, 2.75) is 33.7 Å².